The molecule has 0 radical (unpaired) electrons. The molecule has 0 spiro atoms. The minimum atomic E-state index is -0.0943. The Bertz CT molecular complexity index is 352. The van der Waals surface area contributed by atoms with Crippen LogP contribution in [-0.2, 0) is 0 Å². The smallest absolute Gasteiger partial charge is 0.261 e. The zero-order chi connectivity index (χ0) is 12.1. The van der Waals surface area contributed by atoms with Gasteiger partial charge in [0.15, 0.2) is 0 Å². The highest BCUT2D eigenvalue weighted by molar-refractivity contribution is 7.17. The summed E-state index contributed by atoms with van der Waals surface area (Å²) in [5.74, 6) is 0.849. The highest BCUT2D eigenvalue weighted by atomic mass is 35.5. The average molecular weight is 280 g/mol. The number of nitrogens with one attached hydrogen (secondary N) is 1. The first-order valence-corrected chi connectivity index (χ1v) is 6.88. The summed E-state index contributed by atoms with van der Waals surface area (Å²) in [5, 5.41) is 2.91. The lowest BCUT2D eigenvalue weighted by Crippen LogP contribution is -2.36. The van der Waals surface area contributed by atoms with Crippen molar-refractivity contribution in [2.24, 2.45) is 5.92 Å². The molecule has 0 aromatic carbocycles. The highest BCUT2D eigenvalue weighted by Crippen LogP contribution is 2.21. The van der Waals surface area contributed by atoms with E-state index in [-0.39, 0.29) is 11.9 Å². The van der Waals surface area contributed by atoms with Crippen molar-refractivity contribution in [1.82, 2.24) is 5.32 Å². The summed E-state index contributed by atoms with van der Waals surface area (Å²) in [6.45, 7) is 4.21. The number of thiophene rings is 1. The first kappa shape index (κ1) is 13.8. The SMILES string of the molecule is CC(C)CC(CCl)NC(=O)c1ccc(Cl)s1. The van der Waals surface area contributed by atoms with E-state index in [4.69, 9.17) is 23.2 Å². The van der Waals surface area contributed by atoms with Gasteiger partial charge in [-0.25, -0.2) is 0 Å². The molecule has 90 valence electrons. The Morgan fingerprint density at radius 1 is 1.50 bits per heavy atom. The quantitative estimate of drug-likeness (QED) is 0.817. The fourth-order valence-corrected chi connectivity index (χ4v) is 2.57. The fraction of sp³-hybridized carbons (Fsp3) is 0.545. The number of carbonyl (C=O) groups is 1. The molecule has 0 saturated heterocycles. The minimum Gasteiger partial charge on any atom is -0.347 e. The molecule has 0 saturated carbocycles. The first-order valence-electron chi connectivity index (χ1n) is 5.15. The van der Waals surface area contributed by atoms with Crippen LogP contribution in [0.2, 0.25) is 4.34 Å². The van der Waals surface area contributed by atoms with Gasteiger partial charge in [-0.1, -0.05) is 25.4 Å². The van der Waals surface area contributed by atoms with E-state index in [0.717, 1.165) is 6.42 Å². The summed E-state index contributed by atoms with van der Waals surface area (Å²) >= 11 is 12.9. The number of carbonyl (C=O) groups excluding carboxylic acids is 1. The number of alkyl halides is 1. The number of hydrogen-bond donors (Lipinski definition) is 1. The van der Waals surface area contributed by atoms with Gasteiger partial charge in [0.1, 0.15) is 0 Å². The maximum absolute atomic E-state index is 11.8. The molecule has 16 heavy (non-hydrogen) atoms. The van der Waals surface area contributed by atoms with Crippen LogP contribution in [-0.4, -0.2) is 17.8 Å². The van der Waals surface area contributed by atoms with Crippen LogP contribution in [0.4, 0.5) is 0 Å². The Kier molecular flexibility index (Phi) is 5.59. The van der Waals surface area contributed by atoms with Crippen LogP contribution in [0.25, 0.3) is 0 Å². The van der Waals surface area contributed by atoms with Crippen LogP contribution < -0.4 is 5.32 Å². The minimum absolute atomic E-state index is 0.0232. The van der Waals surface area contributed by atoms with Gasteiger partial charge < -0.3 is 5.32 Å². The van der Waals surface area contributed by atoms with Crippen LogP contribution in [0, 0.1) is 5.92 Å². The molecule has 0 fully saturated rings. The second kappa shape index (κ2) is 6.48. The lowest BCUT2D eigenvalue weighted by Gasteiger charge is -2.17. The molecular weight excluding hydrogens is 265 g/mol. The summed E-state index contributed by atoms with van der Waals surface area (Å²) in [6.07, 6.45) is 0.883. The zero-order valence-electron chi connectivity index (χ0n) is 9.30. The summed E-state index contributed by atoms with van der Waals surface area (Å²) in [6, 6.07) is 3.47. The Morgan fingerprint density at radius 3 is 2.62 bits per heavy atom. The van der Waals surface area contributed by atoms with E-state index >= 15 is 0 Å². The lowest BCUT2D eigenvalue weighted by atomic mass is 10.1. The molecule has 1 atom stereocenters. The largest absolute Gasteiger partial charge is 0.347 e. The van der Waals surface area contributed by atoms with Crippen molar-refractivity contribution in [3.63, 3.8) is 0 Å². The fourth-order valence-electron chi connectivity index (χ4n) is 1.42. The molecule has 1 amide bonds. The van der Waals surface area contributed by atoms with Gasteiger partial charge >= 0.3 is 0 Å². The van der Waals surface area contributed by atoms with Crippen molar-refractivity contribution < 1.29 is 4.79 Å². The van der Waals surface area contributed by atoms with E-state index in [1.165, 1.54) is 11.3 Å². The molecule has 0 aliphatic carbocycles. The standard InChI is InChI=1S/C11H15Cl2NOS/c1-7(2)5-8(6-12)14-11(15)9-3-4-10(13)16-9/h3-4,7-8H,5-6H2,1-2H3,(H,14,15). The molecule has 5 heteroatoms. The van der Waals surface area contributed by atoms with Crippen LogP contribution in [0.3, 0.4) is 0 Å². The normalized spacial score (nSPS) is 12.8. The molecule has 0 aliphatic rings. The van der Waals surface area contributed by atoms with Gasteiger partial charge in [0, 0.05) is 11.9 Å². The molecule has 0 bridgehead atoms. The van der Waals surface area contributed by atoms with E-state index in [9.17, 15) is 4.79 Å². The van der Waals surface area contributed by atoms with E-state index < -0.39 is 0 Å². The number of rotatable bonds is 5. The Labute approximate surface area is 110 Å². The van der Waals surface area contributed by atoms with Crippen LogP contribution >= 0.6 is 34.5 Å². The third-order valence-corrected chi connectivity index (χ3v) is 3.68. The average Bonchev–Trinajstić information content (AvgIpc) is 2.63. The van der Waals surface area contributed by atoms with E-state index in [1.54, 1.807) is 12.1 Å². The Morgan fingerprint density at radius 2 is 2.19 bits per heavy atom. The highest BCUT2D eigenvalue weighted by Gasteiger charge is 2.15. The number of hydrogen-bond acceptors (Lipinski definition) is 2. The molecule has 1 aromatic heterocycles. The molecule has 1 unspecified atom stereocenters. The second-order valence-corrected chi connectivity index (χ2v) is 6.08. The van der Waals surface area contributed by atoms with Crippen molar-refractivity contribution in [3.05, 3.63) is 21.3 Å². The Hall–Kier alpha value is -0.250. The predicted molar refractivity (Wildman–Crippen MR) is 70.8 cm³/mol. The van der Waals surface area contributed by atoms with Crippen LogP contribution in [0.15, 0.2) is 12.1 Å². The topological polar surface area (TPSA) is 29.1 Å². The van der Waals surface area contributed by atoms with Crippen LogP contribution in [0.5, 0.6) is 0 Å². The van der Waals surface area contributed by atoms with Crippen molar-refractivity contribution in [2.75, 3.05) is 5.88 Å². The number of halogens is 2. The molecule has 1 heterocycles. The second-order valence-electron chi connectivity index (χ2n) is 4.06. The van der Waals surface area contributed by atoms with Gasteiger partial charge in [0.25, 0.3) is 5.91 Å². The van der Waals surface area contributed by atoms with Gasteiger partial charge in [0.2, 0.25) is 0 Å². The summed E-state index contributed by atoms with van der Waals surface area (Å²) in [7, 11) is 0. The van der Waals surface area contributed by atoms with Crippen molar-refractivity contribution in [2.45, 2.75) is 26.3 Å². The lowest BCUT2D eigenvalue weighted by molar-refractivity contribution is 0.0941. The summed E-state index contributed by atoms with van der Waals surface area (Å²) < 4.78 is 0.622. The molecule has 0 aliphatic heterocycles. The molecule has 2 nitrogen and oxygen atoms in total. The maximum atomic E-state index is 11.8. The Balaban J connectivity index is 2.55. The van der Waals surface area contributed by atoms with Gasteiger partial charge in [-0.05, 0) is 24.5 Å². The predicted octanol–water partition coefficient (Wildman–Crippen LogP) is 3.78. The van der Waals surface area contributed by atoms with E-state index in [2.05, 4.69) is 19.2 Å². The first-order chi connectivity index (χ1) is 7.52. The van der Waals surface area contributed by atoms with E-state index in [0.29, 0.717) is 21.0 Å². The monoisotopic (exact) mass is 279 g/mol. The summed E-state index contributed by atoms with van der Waals surface area (Å²) in [4.78, 5) is 12.4. The van der Waals surface area contributed by atoms with Crippen molar-refractivity contribution in [1.29, 1.82) is 0 Å². The number of amides is 1. The summed E-state index contributed by atoms with van der Waals surface area (Å²) in [5.41, 5.74) is 0. The van der Waals surface area contributed by atoms with Gasteiger partial charge in [-0.15, -0.1) is 22.9 Å². The third kappa shape index (κ3) is 4.32. The molecular formula is C11H15Cl2NOS. The molecule has 1 N–H and O–H groups in total. The van der Waals surface area contributed by atoms with Gasteiger partial charge in [-0.3, -0.25) is 4.79 Å². The van der Waals surface area contributed by atoms with Gasteiger partial charge in [0.05, 0.1) is 9.21 Å². The molecule has 1 rings (SSSR count). The van der Waals surface area contributed by atoms with Crippen molar-refractivity contribution in [3.8, 4) is 0 Å². The maximum Gasteiger partial charge on any atom is 0.261 e. The third-order valence-electron chi connectivity index (χ3n) is 2.07. The zero-order valence-corrected chi connectivity index (χ0v) is 11.6. The van der Waals surface area contributed by atoms with Crippen molar-refractivity contribution >= 4 is 40.4 Å². The molecule has 1 aromatic rings. The van der Waals surface area contributed by atoms with Crippen LogP contribution in [0.1, 0.15) is 29.9 Å². The van der Waals surface area contributed by atoms with Gasteiger partial charge in [-0.2, -0.15) is 0 Å². The van der Waals surface area contributed by atoms with E-state index in [1.807, 2.05) is 0 Å².